The summed E-state index contributed by atoms with van der Waals surface area (Å²) in [4.78, 5) is 40.0. The number of carbonyl (C=O) groups excluding carboxylic acids is 3. The van der Waals surface area contributed by atoms with Gasteiger partial charge in [-0.05, 0) is 62.4 Å². The molecule has 292 valence electrons. The molecule has 3 aliphatic heterocycles. The van der Waals surface area contributed by atoms with Crippen molar-refractivity contribution < 1.29 is 54.1 Å². The lowest BCUT2D eigenvalue weighted by atomic mass is 9.84. The molecule has 12 N–H and O–H groups in total. The van der Waals surface area contributed by atoms with E-state index in [4.69, 9.17) is 25.7 Å². The Labute approximate surface area is 303 Å². The van der Waals surface area contributed by atoms with Crippen LogP contribution in [0.2, 0.25) is 0 Å². The first kappa shape index (κ1) is 40.2. The SMILES string of the molecule is CCc1cc(N)ccc1C(=O)NCCCCC(=O)NC[C@H]1O[C@H](O[C@@H]2C[C@@H]3O[C@@H]4[C@H](O)C[C@H](O)CN4[C@H]3CC2NC(=O)[C@@H](O)CCN)[C@H](O)C[C@@H]1O. The van der Waals surface area contributed by atoms with Crippen molar-refractivity contribution in [1.29, 1.82) is 0 Å². The molecule has 1 unspecified atom stereocenters. The van der Waals surface area contributed by atoms with Gasteiger partial charge in [0.2, 0.25) is 11.8 Å². The number of nitrogens with zero attached hydrogens (tertiary/aromatic N) is 1. The summed E-state index contributed by atoms with van der Waals surface area (Å²) in [5.41, 5.74) is 13.4. The zero-order valence-corrected chi connectivity index (χ0v) is 29.6. The number of anilines is 1. The minimum atomic E-state index is -1.34. The largest absolute Gasteiger partial charge is 0.399 e. The van der Waals surface area contributed by atoms with Crippen molar-refractivity contribution in [3.05, 3.63) is 29.3 Å². The fourth-order valence-electron chi connectivity index (χ4n) is 7.67. The minimum Gasteiger partial charge on any atom is -0.399 e. The van der Waals surface area contributed by atoms with Gasteiger partial charge >= 0.3 is 0 Å². The summed E-state index contributed by atoms with van der Waals surface area (Å²) in [5, 5.41) is 61.3. The van der Waals surface area contributed by atoms with Crippen LogP contribution in [0.5, 0.6) is 0 Å². The Bertz CT molecular complexity index is 1370. The Hall–Kier alpha value is -2.97. The maximum absolute atomic E-state index is 12.9. The van der Waals surface area contributed by atoms with Crippen molar-refractivity contribution in [2.45, 2.75) is 138 Å². The molecule has 3 amide bonds. The number of piperidine rings is 1. The molecule has 5 rings (SSSR count). The molecule has 17 nitrogen and oxygen atoms in total. The Balaban J connectivity index is 1.12. The van der Waals surface area contributed by atoms with Crippen LogP contribution in [0.25, 0.3) is 0 Å². The lowest BCUT2D eigenvalue weighted by Gasteiger charge is -2.44. The normalized spacial score (nSPS) is 33.8. The summed E-state index contributed by atoms with van der Waals surface area (Å²) in [6.07, 6.45) is -6.53. The van der Waals surface area contributed by atoms with E-state index in [0.717, 1.165) is 5.56 Å². The average Bonchev–Trinajstić information content (AvgIpc) is 3.45. The molecule has 4 fully saturated rings. The number of nitrogens with two attached hydrogens (primary N) is 2. The zero-order valence-electron chi connectivity index (χ0n) is 29.6. The number of carbonyl (C=O) groups is 3. The number of ether oxygens (including phenoxy) is 3. The fraction of sp³-hybridized carbons (Fsp3) is 0.743. The number of unbranched alkanes of at least 4 members (excludes halogenated alkanes) is 1. The van der Waals surface area contributed by atoms with Crippen molar-refractivity contribution in [2.24, 2.45) is 5.73 Å². The van der Waals surface area contributed by atoms with Crippen LogP contribution in [0.15, 0.2) is 18.2 Å². The first-order valence-corrected chi connectivity index (χ1v) is 18.4. The lowest BCUT2D eigenvalue weighted by molar-refractivity contribution is -0.284. The predicted molar refractivity (Wildman–Crippen MR) is 186 cm³/mol. The Morgan fingerprint density at radius 2 is 1.81 bits per heavy atom. The molecule has 1 aromatic rings. The standard InChI is InChI=1S/C35H56N6O11/c1-2-18-11-19(37)6-7-21(18)32(48)38-10-4-3-5-31(47)39-16-30-25(44)14-27(46)35(52-30)51-28-15-29-23(13-22(28)40-33(49)24(43)8-9-36)41-17-20(42)12-26(45)34(41)50-29/h6-7,11,20,22-30,34-35,42-46H,2-5,8-10,12-17,36-37H2,1H3,(H,38,48)(H,39,47)(H,40,49)/t20-,22?,23-,24-,25-,26+,27+,28+,29-,30+,34+,35-/m0/s1. The van der Waals surface area contributed by atoms with Gasteiger partial charge in [0.05, 0.1) is 36.6 Å². The van der Waals surface area contributed by atoms with Crippen LogP contribution in [0.1, 0.15) is 74.2 Å². The molecular weight excluding hydrogens is 680 g/mol. The van der Waals surface area contributed by atoms with Crippen molar-refractivity contribution in [2.75, 3.05) is 31.9 Å². The Kier molecular flexibility index (Phi) is 14.2. The van der Waals surface area contributed by atoms with Gasteiger partial charge in [-0.25, -0.2) is 0 Å². The maximum Gasteiger partial charge on any atom is 0.251 e. The Morgan fingerprint density at radius 1 is 1.02 bits per heavy atom. The van der Waals surface area contributed by atoms with Gasteiger partial charge in [-0.15, -0.1) is 0 Å². The van der Waals surface area contributed by atoms with E-state index < -0.39 is 73.3 Å². The highest BCUT2D eigenvalue weighted by Crippen LogP contribution is 2.40. The first-order chi connectivity index (χ1) is 24.9. The summed E-state index contributed by atoms with van der Waals surface area (Å²) in [5.74, 6) is -1.09. The van der Waals surface area contributed by atoms with Gasteiger partial charge in [0.25, 0.3) is 5.91 Å². The molecule has 1 saturated carbocycles. The quantitative estimate of drug-likeness (QED) is 0.0664. The van der Waals surface area contributed by atoms with E-state index >= 15 is 0 Å². The molecule has 1 aliphatic carbocycles. The number of rotatable bonds is 15. The summed E-state index contributed by atoms with van der Waals surface area (Å²) < 4.78 is 18.5. The molecule has 4 aliphatic rings. The summed E-state index contributed by atoms with van der Waals surface area (Å²) >= 11 is 0. The van der Waals surface area contributed by atoms with Crippen LogP contribution >= 0.6 is 0 Å². The molecular formula is C35H56N6O11. The monoisotopic (exact) mass is 736 g/mol. The third-order valence-corrected chi connectivity index (χ3v) is 10.5. The van der Waals surface area contributed by atoms with Gasteiger partial charge in [0, 0.05) is 62.6 Å². The summed E-state index contributed by atoms with van der Waals surface area (Å²) in [6, 6.07) is 4.26. The van der Waals surface area contributed by atoms with E-state index in [1.807, 2.05) is 11.8 Å². The van der Waals surface area contributed by atoms with E-state index in [1.165, 1.54) is 0 Å². The molecule has 0 spiro atoms. The van der Waals surface area contributed by atoms with Crippen LogP contribution in [0, 0.1) is 0 Å². The molecule has 0 aromatic heterocycles. The van der Waals surface area contributed by atoms with Gasteiger partial charge in [0.1, 0.15) is 24.5 Å². The fourth-order valence-corrected chi connectivity index (χ4v) is 7.67. The number of amides is 3. The van der Waals surface area contributed by atoms with Gasteiger partial charge in [-0.1, -0.05) is 6.92 Å². The maximum atomic E-state index is 12.9. The van der Waals surface area contributed by atoms with Crippen LogP contribution in [0.3, 0.4) is 0 Å². The van der Waals surface area contributed by atoms with Crippen molar-refractivity contribution in [3.63, 3.8) is 0 Å². The number of aryl methyl sites for hydroxylation is 1. The zero-order chi connectivity index (χ0) is 37.5. The van der Waals surface area contributed by atoms with Gasteiger partial charge in [-0.2, -0.15) is 0 Å². The van der Waals surface area contributed by atoms with E-state index in [1.54, 1.807) is 18.2 Å². The Morgan fingerprint density at radius 3 is 2.56 bits per heavy atom. The van der Waals surface area contributed by atoms with Crippen LogP contribution < -0.4 is 27.4 Å². The predicted octanol–water partition coefficient (Wildman–Crippen LogP) is -2.42. The van der Waals surface area contributed by atoms with E-state index in [2.05, 4.69) is 16.0 Å². The molecule has 12 atom stereocenters. The van der Waals surface area contributed by atoms with Crippen molar-refractivity contribution in [1.82, 2.24) is 20.9 Å². The number of aliphatic hydroxyl groups excluding tert-OH is 5. The number of hydrogen-bond donors (Lipinski definition) is 10. The molecule has 0 radical (unpaired) electrons. The van der Waals surface area contributed by atoms with E-state index in [-0.39, 0.29) is 63.0 Å². The highest BCUT2D eigenvalue weighted by molar-refractivity contribution is 5.96. The summed E-state index contributed by atoms with van der Waals surface area (Å²) in [6.45, 7) is 2.70. The van der Waals surface area contributed by atoms with Crippen LogP contribution in [-0.2, 0) is 30.2 Å². The number of nitrogens with one attached hydrogen (secondary N) is 3. The number of fused-ring (bicyclic) bond motifs is 3. The van der Waals surface area contributed by atoms with Gasteiger partial charge < -0.3 is 67.2 Å². The number of hydrogen-bond acceptors (Lipinski definition) is 14. The second-order valence-electron chi connectivity index (χ2n) is 14.3. The van der Waals surface area contributed by atoms with Crippen LogP contribution in [-0.4, -0.2) is 148 Å². The third-order valence-electron chi connectivity index (χ3n) is 10.5. The average molecular weight is 737 g/mol. The first-order valence-electron chi connectivity index (χ1n) is 18.4. The molecule has 3 saturated heterocycles. The minimum absolute atomic E-state index is 0.0406. The molecule has 17 heteroatoms. The molecule has 3 heterocycles. The molecule has 52 heavy (non-hydrogen) atoms. The van der Waals surface area contributed by atoms with Gasteiger partial charge in [-0.3, -0.25) is 19.3 Å². The molecule has 0 bridgehead atoms. The highest BCUT2D eigenvalue weighted by Gasteiger charge is 2.54. The lowest BCUT2D eigenvalue weighted by Crippen LogP contribution is -2.61. The van der Waals surface area contributed by atoms with E-state index in [9.17, 15) is 39.9 Å². The number of benzene rings is 1. The summed E-state index contributed by atoms with van der Waals surface area (Å²) in [7, 11) is 0. The second-order valence-corrected chi connectivity index (χ2v) is 14.3. The van der Waals surface area contributed by atoms with Gasteiger partial charge in [0.15, 0.2) is 6.29 Å². The highest BCUT2D eigenvalue weighted by atomic mass is 16.7. The topological polar surface area (TPSA) is 271 Å². The smallest absolute Gasteiger partial charge is 0.251 e. The molecule has 1 aromatic carbocycles. The third kappa shape index (κ3) is 9.96. The van der Waals surface area contributed by atoms with Crippen molar-refractivity contribution >= 4 is 23.4 Å². The van der Waals surface area contributed by atoms with Crippen LogP contribution in [0.4, 0.5) is 5.69 Å². The number of aliphatic hydroxyl groups is 5. The number of nitrogen functional groups attached to an aromatic ring is 1. The van der Waals surface area contributed by atoms with E-state index in [0.29, 0.717) is 50.0 Å². The van der Waals surface area contributed by atoms with Crippen molar-refractivity contribution in [3.8, 4) is 0 Å². The second kappa shape index (κ2) is 18.4.